The fraction of sp³-hybridized carbons (Fsp3) is 0.600. The van der Waals surface area contributed by atoms with Gasteiger partial charge in [0.25, 0.3) is 5.88 Å². The normalized spacial score (nSPS) is 20.1. The molecule has 94 valence electrons. The van der Waals surface area contributed by atoms with E-state index in [-0.39, 0.29) is 17.4 Å². The Morgan fingerprint density at radius 3 is 2.53 bits per heavy atom. The highest BCUT2D eigenvalue weighted by molar-refractivity contribution is 7.91. The van der Waals surface area contributed by atoms with Gasteiger partial charge < -0.3 is 10.5 Å². The zero-order valence-electron chi connectivity index (χ0n) is 9.59. The highest BCUT2D eigenvalue weighted by Crippen LogP contribution is 2.29. The summed E-state index contributed by atoms with van der Waals surface area (Å²) in [4.78, 5) is 0. The first-order chi connectivity index (χ1) is 8.02. The van der Waals surface area contributed by atoms with Crippen LogP contribution in [-0.4, -0.2) is 37.2 Å². The number of hydrogen-bond donors (Lipinski definition) is 1. The standard InChI is InChI=1S/C10H15N3O3S/c1-16-10-8(11)6-9(12-13-10)7-2-4-17(14,15)5-3-7/h6-7H,2-5H2,1H3,(H2,11,12). The Morgan fingerprint density at radius 2 is 2.00 bits per heavy atom. The van der Waals surface area contributed by atoms with Crippen molar-refractivity contribution in [2.24, 2.45) is 0 Å². The molecule has 1 aliphatic heterocycles. The fourth-order valence-electron chi connectivity index (χ4n) is 1.95. The third kappa shape index (κ3) is 2.66. The minimum Gasteiger partial charge on any atom is -0.478 e. The van der Waals surface area contributed by atoms with Crippen LogP contribution in [0.15, 0.2) is 6.07 Å². The summed E-state index contributed by atoms with van der Waals surface area (Å²) in [7, 11) is -1.37. The molecular formula is C10H15N3O3S. The van der Waals surface area contributed by atoms with E-state index in [4.69, 9.17) is 10.5 Å². The summed E-state index contributed by atoms with van der Waals surface area (Å²) in [5, 5.41) is 7.89. The summed E-state index contributed by atoms with van der Waals surface area (Å²) in [5.74, 6) is 0.854. The number of nitrogen functional groups attached to an aromatic ring is 1. The molecule has 0 amide bonds. The molecule has 0 radical (unpaired) electrons. The van der Waals surface area contributed by atoms with Crippen LogP contribution in [-0.2, 0) is 9.84 Å². The van der Waals surface area contributed by atoms with Gasteiger partial charge in [-0.1, -0.05) is 0 Å². The molecule has 0 spiro atoms. The van der Waals surface area contributed by atoms with E-state index in [0.29, 0.717) is 24.4 Å². The van der Waals surface area contributed by atoms with Crippen LogP contribution in [0.25, 0.3) is 0 Å². The number of ether oxygens (including phenoxy) is 1. The largest absolute Gasteiger partial charge is 0.478 e. The molecule has 0 aliphatic carbocycles. The average molecular weight is 257 g/mol. The van der Waals surface area contributed by atoms with Gasteiger partial charge in [0, 0.05) is 5.92 Å². The summed E-state index contributed by atoms with van der Waals surface area (Å²) in [6.07, 6.45) is 1.17. The summed E-state index contributed by atoms with van der Waals surface area (Å²) < 4.78 is 27.6. The van der Waals surface area contributed by atoms with E-state index >= 15 is 0 Å². The lowest BCUT2D eigenvalue weighted by Gasteiger charge is -2.21. The van der Waals surface area contributed by atoms with Crippen molar-refractivity contribution in [1.82, 2.24) is 10.2 Å². The Kier molecular flexibility index (Phi) is 3.19. The molecule has 0 bridgehead atoms. The molecule has 1 saturated heterocycles. The van der Waals surface area contributed by atoms with Crippen LogP contribution in [0.3, 0.4) is 0 Å². The summed E-state index contributed by atoms with van der Waals surface area (Å²) in [6.45, 7) is 0. The van der Waals surface area contributed by atoms with Crippen LogP contribution >= 0.6 is 0 Å². The highest BCUT2D eigenvalue weighted by Gasteiger charge is 2.26. The molecule has 17 heavy (non-hydrogen) atoms. The zero-order valence-corrected chi connectivity index (χ0v) is 10.4. The van der Waals surface area contributed by atoms with Gasteiger partial charge in [0.05, 0.1) is 30.0 Å². The molecule has 0 atom stereocenters. The van der Waals surface area contributed by atoms with Gasteiger partial charge in [0.2, 0.25) is 0 Å². The Balaban J connectivity index is 2.16. The number of hydrogen-bond acceptors (Lipinski definition) is 6. The van der Waals surface area contributed by atoms with Gasteiger partial charge in [0.1, 0.15) is 9.84 Å². The lowest BCUT2D eigenvalue weighted by molar-refractivity contribution is 0.392. The molecular weight excluding hydrogens is 242 g/mol. The van der Waals surface area contributed by atoms with Gasteiger partial charge in [-0.3, -0.25) is 0 Å². The second-order valence-electron chi connectivity index (χ2n) is 4.16. The maximum absolute atomic E-state index is 11.3. The second kappa shape index (κ2) is 4.48. The number of nitrogens with zero attached hydrogens (tertiary/aromatic N) is 2. The SMILES string of the molecule is COc1nnc(C2CCS(=O)(=O)CC2)cc1N. The maximum Gasteiger partial charge on any atom is 0.256 e. The van der Waals surface area contributed by atoms with Crippen molar-refractivity contribution in [1.29, 1.82) is 0 Å². The number of aromatic nitrogens is 2. The molecule has 0 unspecified atom stereocenters. The lowest BCUT2D eigenvalue weighted by atomic mass is 9.98. The monoisotopic (exact) mass is 257 g/mol. The molecule has 1 aromatic heterocycles. The van der Waals surface area contributed by atoms with E-state index in [0.717, 1.165) is 5.69 Å². The van der Waals surface area contributed by atoms with Crippen molar-refractivity contribution in [3.63, 3.8) is 0 Å². The van der Waals surface area contributed by atoms with E-state index in [2.05, 4.69) is 10.2 Å². The van der Waals surface area contributed by atoms with E-state index in [9.17, 15) is 8.42 Å². The average Bonchev–Trinajstić information content (AvgIpc) is 2.29. The third-order valence-electron chi connectivity index (χ3n) is 2.97. The quantitative estimate of drug-likeness (QED) is 0.822. The van der Waals surface area contributed by atoms with Crippen molar-refractivity contribution in [3.8, 4) is 5.88 Å². The number of methoxy groups -OCH3 is 1. The van der Waals surface area contributed by atoms with Crippen molar-refractivity contribution in [2.45, 2.75) is 18.8 Å². The second-order valence-corrected chi connectivity index (χ2v) is 6.46. The van der Waals surface area contributed by atoms with Crippen LogP contribution in [0.5, 0.6) is 5.88 Å². The van der Waals surface area contributed by atoms with E-state index in [1.54, 1.807) is 6.07 Å². The van der Waals surface area contributed by atoms with Crippen LogP contribution < -0.4 is 10.5 Å². The molecule has 2 N–H and O–H groups in total. The number of anilines is 1. The van der Waals surface area contributed by atoms with Crippen molar-refractivity contribution in [3.05, 3.63) is 11.8 Å². The van der Waals surface area contributed by atoms with Gasteiger partial charge >= 0.3 is 0 Å². The van der Waals surface area contributed by atoms with Crippen LogP contribution in [0.4, 0.5) is 5.69 Å². The van der Waals surface area contributed by atoms with Crippen LogP contribution in [0.2, 0.25) is 0 Å². The summed E-state index contributed by atoms with van der Waals surface area (Å²) in [5.41, 5.74) is 6.93. The predicted molar refractivity (Wildman–Crippen MR) is 63.6 cm³/mol. The van der Waals surface area contributed by atoms with E-state index in [1.165, 1.54) is 7.11 Å². The molecule has 6 nitrogen and oxygen atoms in total. The van der Waals surface area contributed by atoms with Crippen LogP contribution in [0, 0.1) is 0 Å². The summed E-state index contributed by atoms with van der Waals surface area (Å²) >= 11 is 0. The van der Waals surface area contributed by atoms with Crippen molar-refractivity contribution in [2.75, 3.05) is 24.3 Å². The van der Waals surface area contributed by atoms with Gasteiger partial charge in [0.15, 0.2) is 0 Å². The Bertz CT molecular complexity index is 502. The highest BCUT2D eigenvalue weighted by atomic mass is 32.2. The van der Waals surface area contributed by atoms with Crippen molar-refractivity contribution < 1.29 is 13.2 Å². The Labute approximate surface area is 100 Å². The zero-order chi connectivity index (χ0) is 12.5. The predicted octanol–water partition coefficient (Wildman–Crippen LogP) is 0.360. The first-order valence-corrected chi connectivity index (χ1v) is 7.21. The molecule has 0 saturated carbocycles. The Hall–Kier alpha value is -1.37. The van der Waals surface area contributed by atoms with Crippen molar-refractivity contribution >= 4 is 15.5 Å². The van der Waals surface area contributed by atoms with Gasteiger partial charge in [-0.2, -0.15) is 5.10 Å². The van der Waals surface area contributed by atoms with Gasteiger partial charge in [-0.15, -0.1) is 5.10 Å². The van der Waals surface area contributed by atoms with Crippen LogP contribution in [0.1, 0.15) is 24.5 Å². The molecule has 1 aliphatic rings. The first-order valence-electron chi connectivity index (χ1n) is 5.39. The van der Waals surface area contributed by atoms with E-state index < -0.39 is 9.84 Å². The molecule has 7 heteroatoms. The molecule has 1 aromatic rings. The number of sulfone groups is 1. The third-order valence-corrected chi connectivity index (χ3v) is 4.69. The van der Waals surface area contributed by atoms with Gasteiger partial charge in [-0.25, -0.2) is 8.42 Å². The topological polar surface area (TPSA) is 95.2 Å². The van der Waals surface area contributed by atoms with Gasteiger partial charge in [-0.05, 0) is 18.9 Å². The number of rotatable bonds is 2. The Morgan fingerprint density at radius 1 is 1.35 bits per heavy atom. The first kappa shape index (κ1) is 12.1. The van der Waals surface area contributed by atoms with E-state index in [1.807, 2.05) is 0 Å². The molecule has 2 heterocycles. The number of nitrogens with two attached hydrogens (primary N) is 1. The molecule has 1 fully saturated rings. The maximum atomic E-state index is 11.3. The smallest absolute Gasteiger partial charge is 0.256 e. The summed E-state index contributed by atoms with van der Waals surface area (Å²) in [6, 6.07) is 1.72. The molecule has 0 aromatic carbocycles. The minimum atomic E-state index is -2.85. The lowest BCUT2D eigenvalue weighted by Crippen LogP contribution is -2.23. The molecule has 2 rings (SSSR count). The minimum absolute atomic E-state index is 0.124. The fourth-order valence-corrected chi connectivity index (χ4v) is 3.45.